The van der Waals surface area contributed by atoms with Crippen molar-refractivity contribution in [2.24, 2.45) is 11.0 Å². The number of amides is 1. The van der Waals surface area contributed by atoms with Crippen molar-refractivity contribution in [3.05, 3.63) is 45.1 Å². The van der Waals surface area contributed by atoms with Crippen LogP contribution in [0.2, 0.25) is 0 Å². The van der Waals surface area contributed by atoms with E-state index in [4.69, 9.17) is 0 Å². The number of phenols is 1. The van der Waals surface area contributed by atoms with Crippen LogP contribution in [0.15, 0.2) is 29.4 Å². The molecule has 1 heterocycles. The normalized spacial score (nSPS) is 16.3. The second-order valence-corrected chi connectivity index (χ2v) is 8.16. The molecule has 1 aliphatic carbocycles. The molecule has 27 heavy (non-hydrogen) atoms. The van der Waals surface area contributed by atoms with E-state index in [1.54, 1.807) is 17.4 Å². The Hall–Kier alpha value is -2.34. The van der Waals surface area contributed by atoms with Crippen molar-refractivity contribution >= 4 is 29.1 Å². The summed E-state index contributed by atoms with van der Waals surface area (Å²) in [7, 11) is 0. The van der Waals surface area contributed by atoms with Gasteiger partial charge in [0, 0.05) is 35.3 Å². The number of nitrogens with zero attached hydrogens (tertiary/aromatic N) is 2. The monoisotopic (exact) mass is 385 g/mol. The number of fused-ring (bicyclic) bond motifs is 1. The summed E-state index contributed by atoms with van der Waals surface area (Å²) < 4.78 is 0. The van der Waals surface area contributed by atoms with Crippen LogP contribution in [0.5, 0.6) is 5.75 Å². The van der Waals surface area contributed by atoms with Crippen molar-refractivity contribution in [3.63, 3.8) is 0 Å². The van der Waals surface area contributed by atoms with Crippen molar-refractivity contribution in [1.82, 2.24) is 5.43 Å². The molecule has 5 nitrogen and oxygen atoms in total. The summed E-state index contributed by atoms with van der Waals surface area (Å²) in [5.74, 6) is 0.638. The molecule has 0 aliphatic heterocycles. The van der Waals surface area contributed by atoms with Gasteiger partial charge in [-0.15, -0.1) is 11.3 Å². The zero-order valence-corrected chi connectivity index (χ0v) is 17.0. The van der Waals surface area contributed by atoms with Crippen LogP contribution in [-0.4, -0.2) is 30.3 Å². The number of nitrogens with one attached hydrogen (secondary N) is 1. The summed E-state index contributed by atoms with van der Waals surface area (Å²) in [5, 5.41) is 14.2. The number of hydrogen-bond donors (Lipinski definition) is 2. The highest BCUT2D eigenvalue weighted by Gasteiger charge is 2.20. The highest BCUT2D eigenvalue weighted by Crippen LogP contribution is 2.32. The van der Waals surface area contributed by atoms with Crippen molar-refractivity contribution in [2.45, 2.75) is 40.0 Å². The lowest BCUT2D eigenvalue weighted by atomic mass is 9.90. The second kappa shape index (κ2) is 8.57. The summed E-state index contributed by atoms with van der Waals surface area (Å²) in [6.07, 6.45) is 4.78. The first-order chi connectivity index (χ1) is 13.0. The van der Waals surface area contributed by atoms with Crippen LogP contribution in [0, 0.1) is 5.92 Å². The van der Waals surface area contributed by atoms with Gasteiger partial charge in [0.25, 0.3) is 5.91 Å². The van der Waals surface area contributed by atoms with Gasteiger partial charge in [-0.2, -0.15) is 5.10 Å². The van der Waals surface area contributed by atoms with E-state index >= 15 is 0 Å². The maximum absolute atomic E-state index is 12.4. The van der Waals surface area contributed by atoms with Gasteiger partial charge in [0.15, 0.2) is 0 Å². The molecular formula is C21H27N3O2S. The smallest absolute Gasteiger partial charge is 0.281 e. The number of aromatic hydroxyl groups is 1. The molecule has 144 valence electrons. The summed E-state index contributed by atoms with van der Waals surface area (Å²) in [4.78, 5) is 16.5. The SMILES string of the molecule is CCN(CC)c1ccc(/C=N/NC(=O)c2cc3c(s2)CCC(C)C3)c(O)c1. The zero-order valence-electron chi connectivity index (χ0n) is 16.2. The van der Waals surface area contributed by atoms with Gasteiger partial charge in [-0.3, -0.25) is 4.79 Å². The van der Waals surface area contributed by atoms with Crippen molar-refractivity contribution in [3.8, 4) is 5.75 Å². The largest absolute Gasteiger partial charge is 0.507 e. The maximum atomic E-state index is 12.4. The highest BCUT2D eigenvalue weighted by molar-refractivity contribution is 7.14. The van der Waals surface area contributed by atoms with E-state index < -0.39 is 0 Å². The average Bonchev–Trinajstić information content (AvgIpc) is 3.07. The summed E-state index contributed by atoms with van der Waals surface area (Å²) in [6.45, 7) is 8.16. The molecule has 1 unspecified atom stereocenters. The van der Waals surface area contributed by atoms with E-state index in [9.17, 15) is 9.90 Å². The summed E-state index contributed by atoms with van der Waals surface area (Å²) in [6, 6.07) is 7.48. The van der Waals surface area contributed by atoms with Gasteiger partial charge in [0.2, 0.25) is 0 Å². The Morgan fingerprint density at radius 1 is 1.37 bits per heavy atom. The van der Waals surface area contributed by atoms with Crippen molar-refractivity contribution in [1.29, 1.82) is 0 Å². The number of hydrogen-bond acceptors (Lipinski definition) is 5. The lowest BCUT2D eigenvalue weighted by Crippen LogP contribution is -2.21. The van der Waals surface area contributed by atoms with E-state index in [1.807, 2.05) is 18.2 Å². The average molecular weight is 386 g/mol. The molecule has 6 heteroatoms. The number of thiophene rings is 1. The Balaban J connectivity index is 1.64. The number of aryl methyl sites for hydroxylation is 1. The molecule has 0 spiro atoms. The van der Waals surface area contributed by atoms with E-state index in [0.29, 0.717) is 16.4 Å². The van der Waals surface area contributed by atoms with E-state index in [-0.39, 0.29) is 11.7 Å². The Bertz CT molecular complexity index is 840. The molecule has 2 N–H and O–H groups in total. The van der Waals surface area contributed by atoms with E-state index in [2.05, 4.69) is 36.2 Å². The van der Waals surface area contributed by atoms with Crippen molar-refractivity contribution < 1.29 is 9.90 Å². The topological polar surface area (TPSA) is 64.9 Å². The zero-order chi connectivity index (χ0) is 19.4. The number of hydrazone groups is 1. The van der Waals surface area contributed by atoms with E-state index in [0.717, 1.165) is 31.6 Å². The fourth-order valence-corrected chi connectivity index (χ4v) is 4.56. The first-order valence-corrected chi connectivity index (χ1v) is 10.4. The quantitative estimate of drug-likeness (QED) is 0.579. The number of rotatable bonds is 6. The maximum Gasteiger partial charge on any atom is 0.281 e. The minimum Gasteiger partial charge on any atom is -0.507 e. The van der Waals surface area contributed by atoms with Crippen LogP contribution < -0.4 is 10.3 Å². The molecule has 1 amide bonds. The summed E-state index contributed by atoms with van der Waals surface area (Å²) >= 11 is 1.56. The van der Waals surface area contributed by atoms with Crippen molar-refractivity contribution in [2.75, 3.05) is 18.0 Å². The molecule has 3 rings (SSSR count). The van der Waals surface area contributed by atoms with Gasteiger partial charge >= 0.3 is 0 Å². The molecule has 1 aliphatic rings. The number of carbonyl (C=O) groups is 1. The van der Waals surface area contributed by atoms with Crippen LogP contribution in [0.25, 0.3) is 0 Å². The molecule has 1 aromatic heterocycles. The fraction of sp³-hybridized carbons (Fsp3) is 0.429. The van der Waals surface area contributed by atoms with Crippen LogP contribution in [0.4, 0.5) is 5.69 Å². The third-order valence-electron chi connectivity index (χ3n) is 5.07. The molecule has 0 saturated carbocycles. The minimum atomic E-state index is -0.197. The third-order valence-corrected chi connectivity index (χ3v) is 6.30. The Morgan fingerprint density at radius 2 is 2.15 bits per heavy atom. The molecule has 1 aromatic carbocycles. The number of carbonyl (C=O) groups excluding carboxylic acids is 1. The van der Waals surface area contributed by atoms with Gasteiger partial charge in [-0.1, -0.05) is 6.92 Å². The molecular weight excluding hydrogens is 358 g/mol. The van der Waals surface area contributed by atoms with Gasteiger partial charge in [0.1, 0.15) is 5.75 Å². The predicted octanol–water partition coefficient (Wildman–Crippen LogP) is 4.19. The standard InChI is InChI=1S/C21H27N3O2S/c1-4-24(5-2)17-8-7-15(18(25)12-17)13-22-23-21(26)20-11-16-10-14(3)6-9-19(16)27-20/h7-8,11-14,25H,4-6,9-10H2,1-3H3,(H,23,26)/b22-13+. The molecule has 1 atom stereocenters. The Labute approximate surface area is 164 Å². The lowest BCUT2D eigenvalue weighted by Gasteiger charge is -2.21. The fourth-order valence-electron chi connectivity index (χ4n) is 3.46. The minimum absolute atomic E-state index is 0.151. The molecule has 0 fully saturated rings. The molecule has 0 radical (unpaired) electrons. The first-order valence-electron chi connectivity index (χ1n) is 9.54. The van der Waals surface area contributed by atoms with Crippen LogP contribution in [0.3, 0.4) is 0 Å². The predicted molar refractivity (Wildman–Crippen MR) is 112 cm³/mol. The number of benzene rings is 1. The molecule has 0 saturated heterocycles. The Kier molecular flexibility index (Phi) is 6.16. The first kappa shape index (κ1) is 19.4. The van der Waals surface area contributed by atoms with E-state index in [1.165, 1.54) is 23.1 Å². The second-order valence-electron chi connectivity index (χ2n) is 7.02. The highest BCUT2D eigenvalue weighted by atomic mass is 32.1. The number of anilines is 1. The number of phenolic OH excluding ortho intramolecular Hbond substituents is 1. The van der Waals surface area contributed by atoms with Gasteiger partial charge in [-0.05, 0) is 62.8 Å². The molecule has 2 aromatic rings. The third kappa shape index (κ3) is 4.50. The Morgan fingerprint density at radius 3 is 2.85 bits per heavy atom. The molecule has 0 bridgehead atoms. The van der Waals surface area contributed by atoms with Crippen LogP contribution in [0.1, 0.15) is 52.9 Å². The van der Waals surface area contributed by atoms with Crippen LogP contribution in [-0.2, 0) is 12.8 Å². The lowest BCUT2D eigenvalue weighted by molar-refractivity contribution is 0.0959. The summed E-state index contributed by atoms with van der Waals surface area (Å²) in [5.41, 5.74) is 5.42. The van der Waals surface area contributed by atoms with Gasteiger partial charge in [-0.25, -0.2) is 5.43 Å². The van der Waals surface area contributed by atoms with Gasteiger partial charge in [0.05, 0.1) is 11.1 Å². The van der Waals surface area contributed by atoms with Crippen LogP contribution >= 0.6 is 11.3 Å². The van der Waals surface area contributed by atoms with Gasteiger partial charge < -0.3 is 10.0 Å².